The molecule has 1 atom stereocenters. The highest BCUT2D eigenvalue weighted by Gasteiger charge is 2.17. The quantitative estimate of drug-likeness (QED) is 0.497. The van der Waals surface area contributed by atoms with Crippen molar-refractivity contribution in [2.24, 2.45) is 0 Å². The standard InChI is InChI=1S/C22H18ClNO3/c1-15(22(26)24-20-12-5-4-11-19(20)23)27-21(25)14-13-17-9-6-8-16-7-2-3-10-18(16)17/h2-15H,1H3,(H,24,26). The third-order valence-corrected chi connectivity index (χ3v) is 4.35. The number of hydrogen-bond donors (Lipinski definition) is 1. The van der Waals surface area contributed by atoms with E-state index in [9.17, 15) is 9.59 Å². The number of hydrogen-bond acceptors (Lipinski definition) is 3. The number of benzene rings is 3. The lowest BCUT2D eigenvalue weighted by molar-refractivity contribution is -0.148. The fraction of sp³-hybridized carbons (Fsp3) is 0.0909. The van der Waals surface area contributed by atoms with E-state index < -0.39 is 18.0 Å². The number of ether oxygens (including phenoxy) is 1. The lowest BCUT2D eigenvalue weighted by Crippen LogP contribution is -2.29. The Morgan fingerprint density at radius 1 is 1.00 bits per heavy atom. The van der Waals surface area contributed by atoms with E-state index in [2.05, 4.69) is 5.32 Å². The fourth-order valence-electron chi connectivity index (χ4n) is 2.62. The van der Waals surface area contributed by atoms with Gasteiger partial charge in [-0.1, -0.05) is 66.2 Å². The molecule has 0 aliphatic rings. The lowest BCUT2D eigenvalue weighted by Gasteiger charge is -2.13. The fourth-order valence-corrected chi connectivity index (χ4v) is 2.80. The molecule has 0 saturated heterocycles. The normalized spacial score (nSPS) is 12.1. The molecule has 0 aromatic heterocycles. The van der Waals surface area contributed by atoms with Gasteiger partial charge >= 0.3 is 5.97 Å². The van der Waals surface area contributed by atoms with Gasteiger partial charge in [-0.05, 0) is 41.5 Å². The largest absolute Gasteiger partial charge is 0.449 e. The van der Waals surface area contributed by atoms with Crippen LogP contribution in [-0.2, 0) is 14.3 Å². The summed E-state index contributed by atoms with van der Waals surface area (Å²) in [6.07, 6.45) is 2.05. The molecule has 0 aliphatic heterocycles. The molecule has 1 amide bonds. The van der Waals surface area contributed by atoms with Crippen LogP contribution in [0.15, 0.2) is 72.8 Å². The second-order valence-electron chi connectivity index (χ2n) is 5.95. The van der Waals surface area contributed by atoms with E-state index in [1.54, 1.807) is 30.3 Å². The highest BCUT2D eigenvalue weighted by molar-refractivity contribution is 6.33. The SMILES string of the molecule is CC(OC(=O)C=Cc1cccc2ccccc12)C(=O)Nc1ccccc1Cl. The minimum Gasteiger partial charge on any atom is -0.449 e. The van der Waals surface area contributed by atoms with Crippen molar-refractivity contribution in [2.45, 2.75) is 13.0 Å². The molecule has 1 unspecified atom stereocenters. The molecule has 4 nitrogen and oxygen atoms in total. The molecule has 5 heteroatoms. The van der Waals surface area contributed by atoms with Crippen molar-refractivity contribution < 1.29 is 14.3 Å². The average molecular weight is 380 g/mol. The zero-order chi connectivity index (χ0) is 19.2. The summed E-state index contributed by atoms with van der Waals surface area (Å²) in [5.41, 5.74) is 1.37. The summed E-state index contributed by atoms with van der Waals surface area (Å²) in [7, 11) is 0. The summed E-state index contributed by atoms with van der Waals surface area (Å²) in [5.74, 6) is -1.04. The number of anilines is 1. The second-order valence-corrected chi connectivity index (χ2v) is 6.36. The van der Waals surface area contributed by atoms with Crippen LogP contribution in [0.5, 0.6) is 0 Å². The van der Waals surface area contributed by atoms with Gasteiger partial charge in [-0.15, -0.1) is 0 Å². The number of para-hydroxylation sites is 1. The topological polar surface area (TPSA) is 55.4 Å². The third kappa shape index (κ3) is 4.74. The van der Waals surface area contributed by atoms with Crippen molar-refractivity contribution in [3.8, 4) is 0 Å². The van der Waals surface area contributed by atoms with Crippen molar-refractivity contribution >= 4 is 46.0 Å². The van der Waals surface area contributed by atoms with Crippen LogP contribution in [0.2, 0.25) is 5.02 Å². The molecule has 0 radical (unpaired) electrons. The highest BCUT2D eigenvalue weighted by Crippen LogP contribution is 2.21. The predicted molar refractivity (Wildman–Crippen MR) is 109 cm³/mol. The number of carbonyl (C=O) groups excluding carboxylic acids is 2. The zero-order valence-electron chi connectivity index (χ0n) is 14.7. The van der Waals surface area contributed by atoms with Gasteiger partial charge in [0, 0.05) is 6.08 Å². The number of nitrogens with one attached hydrogen (secondary N) is 1. The number of halogens is 1. The third-order valence-electron chi connectivity index (χ3n) is 4.02. The maximum Gasteiger partial charge on any atom is 0.331 e. The van der Waals surface area contributed by atoms with Gasteiger partial charge in [-0.3, -0.25) is 4.79 Å². The summed E-state index contributed by atoms with van der Waals surface area (Å²) in [6.45, 7) is 1.51. The monoisotopic (exact) mass is 379 g/mol. The van der Waals surface area contributed by atoms with Crippen LogP contribution in [0.4, 0.5) is 5.69 Å². The van der Waals surface area contributed by atoms with Gasteiger partial charge in [0.05, 0.1) is 10.7 Å². The molecule has 0 heterocycles. The smallest absolute Gasteiger partial charge is 0.331 e. The van der Waals surface area contributed by atoms with E-state index in [-0.39, 0.29) is 0 Å². The minimum absolute atomic E-state index is 0.417. The van der Waals surface area contributed by atoms with Crippen LogP contribution >= 0.6 is 11.6 Å². The number of amides is 1. The summed E-state index contributed by atoms with van der Waals surface area (Å²) in [4.78, 5) is 24.2. The number of esters is 1. The number of rotatable bonds is 5. The first-order chi connectivity index (χ1) is 13.0. The summed E-state index contributed by atoms with van der Waals surface area (Å²) in [5, 5.41) is 5.18. The Bertz CT molecular complexity index is 1010. The van der Waals surface area contributed by atoms with Crippen molar-refractivity contribution in [1.29, 1.82) is 0 Å². The van der Waals surface area contributed by atoms with E-state index in [0.29, 0.717) is 10.7 Å². The van der Waals surface area contributed by atoms with Crippen LogP contribution in [-0.4, -0.2) is 18.0 Å². The molecule has 3 rings (SSSR count). The molecular weight excluding hydrogens is 362 g/mol. The summed E-state index contributed by atoms with van der Waals surface area (Å²) < 4.78 is 5.18. The van der Waals surface area contributed by atoms with Crippen LogP contribution in [0.25, 0.3) is 16.8 Å². The van der Waals surface area contributed by atoms with Gasteiger partial charge in [0.15, 0.2) is 6.10 Å². The van der Waals surface area contributed by atoms with E-state index in [1.165, 1.54) is 13.0 Å². The molecule has 27 heavy (non-hydrogen) atoms. The van der Waals surface area contributed by atoms with Crippen LogP contribution in [0.3, 0.4) is 0 Å². The Hall–Kier alpha value is -3.11. The average Bonchev–Trinajstić information content (AvgIpc) is 2.68. The first-order valence-corrected chi connectivity index (χ1v) is 8.84. The Morgan fingerprint density at radius 2 is 1.70 bits per heavy atom. The Kier molecular flexibility index (Phi) is 5.89. The van der Waals surface area contributed by atoms with Gasteiger partial charge in [0.2, 0.25) is 0 Å². The van der Waals surface area contributed by atoms with Crippen LogP contribution in [0, 0.1) is 0 Å². The summed E-state index contributed by atoms with van der Waals surface area (Å²) in [6, 6.07) is 20.6. The van der Waals surface area contributed by atoms with Gasteiger partial charge in [-0.2, -0.15) is 0 Å². The van der Waals surface area contributed by atoms with E-state index in [1.807, 2.05) is 42.5 Å². The highest BCUT2D eigenvalue weighted by atomic mass is 35.5. The van der Waals surface area contributed by atoms with E-state index in [0.717, 1.165) is 16.3 Å². The molecule has 3 aromatic rings. The molecule has 136 valence electrons. The molecular formula is C22H18ClNO3. The predicted octanol–water partition coefficient (Wildman–Crippen LogP) is 5.08. The lowest BCUT2D eigenvalue weighted by atomic mass is 10.0. The van der Waals surface area contributed by atoms with Crippen molar-refractivity contribution in [3.63, 3.8) is 0 Å². The first-order valence-electron chi connectivity index (χ1n) is 8.46. The molecule has 0 spiro atoms. The first kappa shape index (κ1) is 18.7. The van der Waals surface area contributed by atoms with Gasteiger partial charge in [-0.25, -0.2) is 4.79 Å². The van der Waals surface area contributed by atoms with Gasteiger partial charge < -0.3 is 10.1 Å². The molecule has 1 N–H and O–H groups in total. The Labute approximate surface area is 162 Å². The van der Waals surface area contributed by atoms with Crippen molar-refractivity contribution in [3.05, 3.63) is 83.4 Å². The van der Waals surface area contributed by atoms with E-state index in [4.69, 9.17) is 16.3 Å². The maximum absolute atomic E-state index is 12.2. The van der Waals surface area contributed by atoms with E-state index >= 15 is 0 Å². The number of fused-ring (bicyclic) bond motifs is 1. The molecule has 0 bridgehead atoms. The molecule has 0 saturated carbocycles. The Morgan fingerprint density at radius 3 is 2.52 bits per heavy atom. The second kappa shape index (κ2) is 8.52. The van der Waals surface area contributed by atoms with Crippen molar-refractivity contribution in [1.82, 2.24) is 0 Å². The number of carbonyl (C=O) groups is 2. The summed E-state index contributed by atoms with van der Waals surface area (Å²) >= 11 is 6.01. The molecule has 0 aliphatic carbocycles. The van der Waals surface area contributed by atoms with Gasteiger partial charge in [0.1, 0.15) is 0 Å². The van der Waals surface area contributed by atoms with Crippen molar-refractivity contribution in [2.75, 3.05) is 5.32 Å². The zero-order valence-corrected chi connectivity index (χ0v) is 15.4. The van der Waals surface area contributed by atoms with Gasteiger partial charge in [0.25, 0.3) is 5.91 Å². The Balaban J connectivity index is 1.63. The maximum atomic E-state index is 12.2. The van der Waals surface area contributed by atoms with Crippen LogP contribution < -0.4 is 5.32 Å². The molecule has 0 fully saturated rings. The molecule has 3 aromatic carbocycles. The van der Waals surface area contributed by atoms with Crippen LogP contribution in [0.1, 0.15) is 12.5 Å². The minimum atomic E-state index is -0.953.